The van der Waals surface area contributed by atoms with Gasteiger partial charge in [0.15, 0.2) is 5.78 Å². The van der Waals surface area contributed by atoms with Crippen molar-refractivity contribution in [3.8, 4) is 0 Å². The molecule has 0 radical (unpaired) electrons. The van der Waals surface area contributed by atoms with Gasteiger partial charge in [-0.25, -0.2) is 0 Å². The minimum atomic E-state index is -0.0742. The zero-order valence-corrected chi connectivity index (χ0v) is 13.1. The number of nitrogens with zero attached hydrogens (tertiary/aromatic N) is 2. The van der Waals surface area contributed by atoms with Crippen LogP contribution in [0.3, 0.4) is 0 Å². The lowest BCUT2D eigenvalue weighted by Crippen LogP contribution is -2.58. The molecule has 1 aliphatic carbocycles. The summed E-state index contributed by atoms with van der Waals surface area (Å²) in [6, 6.07) is 9.52. The second-order valence-corrected chi connectivity index (χ2v) is 6.29. The summed E-state index contributed by atoms with van der Waals surface area (Å²) in [7, 11) is 6.36. The van der Waals surface area contributed by atoms with Crippen LogP contribution < -0.4 is 0 Å². The van der Waals surface area contributed by atoms with E-state index in [0.29, 0.717) is 0 Å². The number of ketones is 1. The number of benzene rings is 1. The molecule has 1 unspecified atom stereocenters. The molecule has 3 nitrogen and oxygen atoms in total. The Balaban J connectivity index is 2.02. The van der Waals surface area contributed by atoms with Crippen molar-refractivity contribution in [1.29, 1.82) is 0 Å². The van der Waals surface area contributed by atoms with Gasteiger partial charge in [-0.2, -0.15) is 0 Å². The van der Waals surface area contributed by atoms with Crippen molar-refractivity contribution in [1.82, 2.24) is 9.80 Å². The lowest BCUT2D eigenvalue weighted by molar-refractivity contribution is 0.0187. The molecule has 1 aromatic rings. The largest absolute Gasteiger partial charge is 0.302 e. The van der Waals surface area contributed by atoms with Gasteiger partial charge < -0.3 is 4.90 Å². The average Bonchev–Trinajstić information content (AvgIpc) is 2.41. The second-order valence-electron chi connectivity index (χ2n) is 6.29. The number of carbonyl (C=O) groups is 1. The van der Waals surface area contributed by atoms with E-state index in [2.05, 4.69) is 30.9 Å². The van der Waals surface area contributed by atoms with Crippen LogP contribution in [0.15, 0.2) is 30.3 Å². The highest BCUT2D eigenvalue weighted by atomic mass is 16.1. The molecule has 3 heteroatoms. The van der Waals surface area contributed by atoms with Crippen LogP contribution in [-0.4, -0.2) is 54.9 Å². The summed E-state index contributed by atoms with van der Waals surface area (Å²) in [4.78, 5) is 17.0. The standard InChI is InChI=1S/C17H26N2O/c1-14(16(20)15-9-6-5-7-10-15)19(4)13-17(18(2)3)11-8-12-17/h5-7,9-10,14H,8,11-13H2,1-4H3. The van der Waals surface area contributed by atoms with Gasteiger partial charge in [0.2, 0.25) is 0 Å². The molecule has 2 rings (SSSR count). The van der Waals surface area contributed by atoms with Crippen molar-refractivity contribution in [3.05, 3.63) is 35.9 Å². The van der Waals surface area contributed by atoms with Crippen molar-refractivity contribution in [3.63, 3.8) is 0 Å². The first-order chi connectivity index (χ1) is 9.46. The van der Waals surface area contributed by atoms with Gasteiger partial charge in [-0.3, -0.25) is 9.69 Å². The molecule has 1 atom stereocenters. The Morgan fingerprint density at radius 3 is 2.25 bits per heavy atom. The van der Waals surface area contributed by atoms with E-state index in [1.165, 1.54) is 19.3 Å². The molecule has 0 bridgehead atoms. The molecule has 0 aliphatic heterocycles. The van der Waals surface area contributed by atoms with Crippen LogP contribution in [0.2, 0.25) is 0 Å². The fraction of sp³-hybridized carbons (Fsp3) is 0.588. The predicted octanol–water partition coefficient (Wildman–Crippen LogP) is 2.67. The Morgan fingerprint density at radius 1 is 1.20 bits per heavy atom. The molecule has 20 heavy (non-hydrogen) atoms. The summed E-state index contributed by atoms with van der Waals surface area (Å²) in [5, 5.41) is 0. The van der Waals surface area contributed by atoms with Crippen molar-refractivity contribution in [2.45, 2.75) is 37.8 Å². The molecule has 110 valence electrons. The maximum absolute atomic E-state index is 12.5. The Labute approximate surface area is 122 Å². The van der Waals surface area contributed by atoms with E-state index in [-0.39, 0.29) is 17.4 Å². The number of likely N-dealkylation sites (N-methyl/N-ethyl adjacent to an activating group) is 2. The molecule has 0 aromatic heterocycles. The Morgan fingerprint density at radius 2 is 1.80 bits per heavy atom. The van der Waals surface area contributed by atoms with Crippen molar-refractivity contribution >= 4 is 5.78 Å². The van der Waals surface area contributed by atoms with Gasteiger partial charge in [0.1, 0.15) is 0 Å². The van der Waals surface area contributed by atoms with Gasteiger partial charge in [-0.1, -0.05) is 30.3 Å². The zero-order chi connectivity index (χ0) is 14.8. The third-order valence-corrected chi connectivity index (χ3v) is 4.88. The normalized spacial score (nSPS) is 18.9. The summed E-state index contributed by atoms with van der Waals surface area (Å²) >= 11 is 0. The first-order valence-electron chi connectivity index (χ1n) is 7.43. The second kappa shape index (κ2) is 6.06. The van der Waals surface area contributed by atoms with Crippen LogP contribution >= 0.6 is 0 Å². The Bertz CT molecular complexity index is 451. The van der Waals surface area contributed by atoms with E-state index in [1.807, 2.05) is 37.3 Å². The first-order valence-corrected chi connectivity index (χ1v) is 7.43. The van der Waals surface area contributed by atoms with Gasteiger partial charge in [0.05, 0.1) is 6.04 Å². The molecule has 1 aliphatic rings. The van der Waals surface area contributed by atoms with Gasteiger partial charge >= 0.3 is 0 Å². The molecular weight excluding hydrogens is 248 g/mol. The van der Waals surface area contributed by atoms with Crippen molar-refractivity contribution in [2.24, 2.45) is 0 Å². The summed E-state index contributed by atoms with van der Waals surface area (Å²) < 4.78 is 0. The lowest BCUT2D eigenvalue weighted by atomic mass is 9.75. The SMILES string of the molecule is CC(C(=O)c1ccccc1)N(C)CC1(N(C)C)CCC1. The third-order valence-electron chi connectivity index (χ3n) is 4.88. The fourth-order valence-electron chi connectivity index (χ4n) is 2.98. The van der Waals surface area contributed by atoms with E-state index in [0.717, 1.165) is 12.1 Å². The van der Waals surface area contributed by atoms with E-state index in [4.69, 9.17) is 0 Å². The van der Waals surface area contributed by atoms with E-state index >= 15 is 0 Å². The fourth-order valence-corrected chi connectivity index (χ4v) is 2.98. The predicted molar refractivity (Wildman–Crippen MR) is 83.1 cm³/mol. The van der Waals surface area contributed by atoms with Gasteiger partial charge in [-0.15, -0.1) is 0 Å². The molecule has 0 heterocycles. The quantitative estimate of drug-likeness (QED) is 0.745. The number of rotatable bonds is 6. The number of carbonyl (C=O) groups excluding carboxylic acids is 1. The summed E-state index contributed by atoms with van der Waals surface area (Å²) in [5.74, 6) is 0.210. The van der Waals surface area contributed by atoms with E-state index in [1.54, 1.807) is 0 Å². The molecule has 1 fully saturated rings. The topological polar surface area (TPSA) is 23.6 Å². The third kappa shape index (κ3) is 2.94. The first kappa shape index (κ1) is 15.2. The monoisotopic (exact) mass is 274 g/mol. The van der Waals surface area contributed by atoms with Crippen LogP contribution in [0.4, 0.5) is 0 Å². The summed E-state index contributed by atoms with van der Waals surface area (Å²) in [6.07, 6.45) is 3.76. The van der Waals surface area contributed by atoms with Crippen molar-refractivity contribution in [2.75, 3.05) is 27.7 Å². The Kier molecular flexibility index (Phi) is 4.61. The number of hydrogen-bond acceptors (Lipinski definition) is 3. The minimum absolute atomic E-state index is 0.0742. The van der Waals surface area contributed by atoms with Crippen LogP contribution in [0.1, 0.15) is 36.5 Å². The Hall–Kier alpha value is -1.19. The molecule has 0 saturated heterocycles. The van der Waals surface area contributed by atoms with Gasteiger partial charge in [-0.05, 0) is 47.3 Å². The molecule has 0 amide bonds. The highest BCUT2D eigenvalue weighted by molar-refractivity contribution is 5.99. The van der Waals surface area contributed by atoms with E-state index < -0.39 is 0 Å². The molecular formula is C17H26N2O. The summed E-state index contributed by atoms with van der Waals surface area (Å²) in [6.45, 7) is 2.97. The van der Waals surface area contributed by atoms with Crippen LogP contribution in [0, 0.1) is 0 Å². The average molecular weight is 274 g/mol. The van der Waals surface area contributed by atoms with Crippen LogP contribution in [0.25, 0.3) is 0 Å². The molecule has 1 saturated carbocycles. The zero-order valence-electron chi connectivity index (χ0n) is 13.1. The van der Waals surface area contributed by atoms with Gasteiger partial charge in [0, 0.05) is 17.6 Å². The number of Topliss-reactive ketones (excluding diaryl/α,β-unsaturated/α-hetero) is 1. The van der Waals surface area contributed by atoms with Crippen molar-refractivity contribution < 1.29 is 4.79 Å². The molecule has 0 spiro atoms. The van der Waals surface area contributed by atoms with Gasteiger partial charge in [0.25, 0.3) is 0 Å². The van der Waals surface area contributed by atoms with Crippen LogP contribution in [0.5, 0.6) is 0 Å². The van der Waals surface area contributed by atoms with Crippen LogP contribution in [-0.2, 0) is 0 Å². The number of hydrogen-bond donors (Lipinski definition) is 0. The molecule has 1 aromatic carbocycles. The summed E-state index contributed by atoms with van der Waals surface area (Å²) in [5.41, 5.74) is 1.07. The maximum Gasteiger partial charge on any atom is 0.179 e. The molecule has 0 N–H and O–H groups in total. The highest BCUT2D eigenvalue weighted by Gasteiger charge is 2.40. The smallest absolute Gasteiger partial charge is 0.179 e. The highest BCUT2D eigenvalue weighted by Crippen LogP contribution is 2.37. The maximum atomic E-state index is 12.5. The lowest BCUT2D eigenvalue weighted by Gasteiger charge is -2.50. The minimum Gasteiger partial charge on any atom is -0.302 e. The van der Waals surface area contributed by atoms with E-state index in [9.17, 15) is 4.79 Å².